The summed E-state index contributed by atoms with van der Waals surface area (Å²) < 4.78 is 5.25. The average molecular weight is 244 g/mol. The third kappa shape index (κ3) is 2.71. The molecule has 1 fully saturated rings. The summed E-state index contributed by atoms with van der Waals surface area (Å²) >= 11 is 4.97. The zero-order valence-electron chi connectivity index (χ0n) is 9.99. The minimum atomic E-state index is -0.530. The quantitative estimate of drug-likeness (QED) is 0.535. The van der Waals surface area contributed by atoms with Gasteiger partial charge >= 0.3 is 0 Å². The maximum Gasteiger partial charge on any atom is 0.235 e. The second kappa shape index (κ2) is 5.59. The predicted octanol–water partition coefficient (Wildman–Crippen LogP) is 0.938. The first-order valence-corrected chi connectivity index (χ1v) is 6.16. The first-order valence-electron chi connectivity index (χ1n) is 5.75. The normalized spacial score (nSPS) is 16.9. The molecule has 0 spiro atoms. The van der Waals surface area contributed by atoms with Gasteiger partial charge in [0, 0.05) is 19.7 Å². The molecule has 92 valence electrons. The Morgan fingerprint density at radius 1 is 1.50 bits per heavy atom. The Balaban J connectivity index is 2.53. The Hall–Kier alpha value is -0.680. The van der Waals surface area contributed by atoms with Gasteiger partial charge in [0.15, 0.2) is 0 Å². The van der Waals surface area contributed by atoms with Crippen molar-refractivity contribution in [2.45, 2.75) is 26.7 Å². The molecule has 0 aromatic rings. The predicted molar refractivity (Wildman–Crippen MR) is 67.2 cm³/mol. The Labute approximate surface area is 102 Å². The summed E-state index contributed by atoms with van der Waals surface area (Å²) in [6, 6.07) is 0. The number of rotatable bonds is 7. The van der Waals surface area contributed by atoms with Crippen molar-refractivity contribution in [2.75, 3.05) is 26.3 Å². The van der Waals surface area contributed by atoms with Crippen molar-refractivity contribution < 1.29 is 9.53 Å². The molecule has 0 bridgehead atoms. The van der Waals surface area contributed by atoms with Crippen LogP contribution in [-0.4, -0.2) is 42.1 Å². The van der Waals surface area contributed by atoms with Crippen molar-refractivity contribution in [1.82, 2.24) is 4.90 Å². The van der Waals surface area contributed by atoms with Crippen molar-refractivity contribution in [1.29, 1.82) is 0 Å². The van der Waals surface area contributed by atoms with E-state index < -0.39 is 5.41 Å². The van der Waals surface area contributed by atoms with Crippen LogP contribution in [0, 0.1) is 5.41 Å². The van der Waals surface area contributed by atoms with E-state index in [0.717, 1.165) is 12.8 Å². The van der Waals surface area contributed by atoms with Gasteiger partial charge in [-0.05, 0) is 26.7 Å². The topological polar surface area (TPSA) is 55.6 Å². The minimum absolute atomic E-state index is 0.0715. The van der Waals surface area contributed by atoms with Crippen LogP contribution in [0.3, 0.4) is 0 Å². The SMILES string of the molecule is CCOCCN(CC)C(=O)C1(C(N)=S)CC1. The molecule has 0 saturated heterocycles. The first-order chi connectivity index (χ1) is 7.58. The fraction of sp³-hybridized carbons (Fsp3) is 0.818. The third-order valence-electron chi connectivity index (χ3n) is 3.01. The second-order valence-corrected chi connectivity index (χ2v) is 4.47. The summed E-state index contributed by atoms with van der Waals surface area (Å²) in [5.41, 5.74) is 5.10. The molecule has 1 amide bonds. The van der Waals surface area contributed by atoms with Gasteiger partial charge in [-0.1, -0.05) is 12.2 Å². The van der Waals surface area contributed by atoms with Crippen LogP contribution in [-0.2, 0) is 9.53 Å². The molecule has 0 aromatic heterocycles. The van der Waals surface area contributed by atoms with E-state index in [-0.39, 0.29) is 5.91 Å². The number of likely N-dealkylation sites (N-methyl/N-ethyl adjacent to an activating group) is 1. The molecule has 0 radical (unpaired) electrons. The number of nitrogens with zero attached hydrogens (tertiary/aromatic N) is 1. The summed E-state index contributed by atoms with van der Waals surface area (Å²) in [6.45, 7) is 6.44. The highest BCUT2D eigenvalue weighted by atomic mass is 32.1. The first kappa shape index (κ1) is 13.4. The number of thiocarbonyl (C=S) groups is 1. The third-order valence-corrected chi connectivity index (χ3v) is 3.40. The van der Waals surface area contributed by atoms with E-state index >= 15 is 0 Å². The number of hydrogen-bond acceptors (Lipinski definition) is 3. The van der Waals surface area contributed by atoms with E-state index in [1.165, 1.54) is 0 Å². The van der Waals surface area contributed by atoms with Gasteiger partial charge in [0.05, 0.1) is 17.0 Å². The monoisotopic (exact) mass is 244 g/mol. The van der Waals surface area contributed by atoms with Crippen molar-refractivity contribution in [3.05, 3.63) is 0 Å². The Morgan fingerprint density at radius 3 is 2.50 bits per heavy atom. The molecule has 1 rings (SSSR count). The molecule has 4 nitrogen and oxygen atoms in total. The van der Waals surface area contributed by atoms with Gasteiger partial charge < -0.3 is 15.4 Å². The van der Waals surface area contributed by atoms with Gasteiger partial charge in [-0.2, -0.15) is 0 Å². The maximum absolute atomic E-state index is 12.2. The van der Waals surface area contributed by atoms with Crippen LogP contribution in [0.15, 0.2) is 0 Å². The molecule has 16 heavy (non-hydrogen) atoms. The smallest absolute Gasteiger partial charge is 0.235 e. The van der Waals surface area contributed by atoms with Crippen molar-refractivity contribution in [2.24, 2.45) is 11.1 Å². The fourth-order valence-electron chi connectivity index (χ4n) is 1.72. The Bertz CT molecular complexity index is 277. The zero-order valence-corrected chi connectivity index (χ0v) is 10.8. The minimum Gasteiger partial charge on any atom is -0.392 e. The van der Waals surface area contributed by atoms with Gasteiger partial charge in [-0.25, -0.2) is 0 Å². The second-order valence-electron chi connectivity index (χ2n) is 4.03. The Kier molecular flexibility index (Phi) is 4.68. The molecule has 2 N–H and O–H groups in total. The molecule has 0 heterocycles. The number of hydrogen-bond donors (Lipinski definition) is 1. The van der Waals surface area contributed by atoms with E-state index in [2.05, 4.69) is 0 Å². The zero-order chi connectivity index (χ0) is 12.2. The van der Waals surface area contributed by atoms with Crippen LogP contribution in [0.2, 0.25) is 0 Å². The van der Waals surface area contributed by atoms with E-state index in [0.29, 0.717) is 31.3 Å². The number of amides is 1. The molecular formula is C11H20N2O2S. The van der Waals surface area contributed by atoms with Crippen molar-refractivity contribution >= 4 is 23.1 Å². The number of carbonyl (C=O) groups excluding carboxylic acids is 1. The highest BCUT2D eigenvalue weighted by Crippen LogP contribution is 2.47. The lowest BCUT2D eigenvalue weighted by atomic mass is 10.1. The van der Waals surface area contributed by atoms with Crippen molar-refractivity contribution in [3.63, 3.8) is 0 Å². The maximum atomic E-state index is 12.2. The van der Waals surface area contributed by atoms with Crippen LogP contribution in [0.5, 0.6) is 0 Å². The van der Waals surface area contributed by atoms with Gasteiger partial charge in [0.1, 0.15) is 0 Å². The van der Waals surface area contributed by atoms with E-state index in [4.69, 9.17) is 22.7 Å². The lowest BCUT2D eigenvalue weighted by Crippen LogP contribution is -2.44. The molecule has 5 heteroatoms. The van der Waals surface area contributed by atoms with Gasteiger partial charge in [-0.15, -0.1) is 0 Å². The average Bonchev–Trinajstić information content (AvgIpc) is 3.04. The van der Waals surface area contributed by atoms with Crippen molar-refractivity contribution in [3.8, 4) is 0 Å². The molecular weight excluding hydrogens is 224 g/mol. The highest BCUT2D eigenvalue weighted by Gasteiger charge is 2.54. The van der Waals surface area contributed by atoms with Gasteiger partial charge in [-0.3, -0.25) is 4.79 Å². The van der Waals surface area contributed by atoms with Crippen LogP contribution < -0.4 is 5.73 Å². The molecule has 0 unspecified atom stereocenters. The van der Waals surface area contributed by atoms with E-state index in [1.54, 1.807) is 4.90 Å². The van der Waals surface area contributed by atoms with Crippen LogP contribution in [0.4, 0.5) is 0 Å². The van der Waals surface area contributed by atoms with E-state index in [9.17, 15) is 4.79 Å². The van der Waals surface area contributed by atoms with Gasteiger partial charge in [0.2, 0.25) is 5.91 Å². The van der Waals surface area contributed by atoms with E-state index in [1.807, 2.05) is 13.8 Å². The summed E-state index contributed by atoms with van der Waals surface area (Å²) in [5.74, 6) is 0.0715. The van der Waals surface area contributed by atoms with Crippen LogP contribution >= 0.6 is 12.2 Å². The number of carbonyl (C=O) groups is 1. The van der Waals surface area contributed by atoms with Crippen LogP contribution in [0.25, 0.3) is 0 Å². The largest absolute Gasteiger partial charge is 0.392 e. The number of nitrogens with two attached hydrogens (primary N) is 1. The molecule has 0 aliphatic heterocycles. The summed E-state index contributed by atoms with van der Waals surface area (Å²) in [4.78, 5) is 14.3. The summed E-state index contributed by atoms with van der Waals surface area (Å²) in [5, 5.41) is 0. The van der Waals surface area contributed by atoms with Gasteiger partial charge in [0.25, 0.3) is 0 Å². The molecule has 1 aliphatic carbocycles. The highest BCUT2D eigenvalue weighted by molar-refractivity contribution is 7.80. The lowest BCUT2D eigenvalue weighted by molar-refractivity contribution is -0.135. The molecule has 0 atom stereocenters. The number of ether oxygens (including phenoxy) is 1. The van der Waals surface area contributed by atoms with Crippen LogP contribution in [0.1, 0.15) is 26.7 Å². The summed E-state index contributed by atoms with van der Waals surface area (Å²) in [6.07, 6.45) is 1.60. The fourth-order valence-corrected chi connectivity index (χ4v) is 2.01. The molecule has 1 saturated carbocycles. The Morgan fingerprint density at radius 2 is 2.12 bits per heavy atom. The molecule has 0 aromatic carbocycles. The summed E-state index contributed by atoms with van der Waals surface area (Å²) in [7, 11) is 0. The molecule has 1 aliphatic rings. The standard InChI is InChI=1S/C11H20N2O2S/c1-3-13(7-8-15-4-2)10(14)11(5-6-11)9(12)16/h3-8H2,1-2H3,(H2,12,16). The lowest BCUT2D eigenvalue weighted by Gasteiger charge is -2.25.